The predicted molar refractivity (Wildman–Crippen MR) is 138 cm³/mol. The quantitative estimate of drug-likeness (QED) is 0.420. The molecule has 0 aromatic heterocycles. The van der Waals surface area contributed by atoms with Gasteiger partial charge in [-0.25, -0.2) is 8.42 Å². The van der Waals surface area contributed by atoms with E-state index in [0.717, 1.165) is 9.87 Å². The van der Waals surface area contributed by atoms with Crippen LogP contribution in [0.2, 0.25) is 5.02 Å². The Bertz CT molecular complexity index is 1260. The molecule has 3 aromatic carbocycles. The number of carbonyl (C=O) groups is 1. The normalized spacial score (nSPS) is 12.0. The first-order chi connectivity index (χ1) is 16.6. The van der Waals surface area contributed by atoms with Crippen molar-refractivity contribution in [2.75, 3.05) is 24.6 Å². The van der Waals surface area contributed by atoms with Crippen LogP contribution in [-0.4, -0.2) is 40.6 Å². The van der Waals surface area contributed by atoms with Crippen molar-refractivity contribution in [3.63, 3.8) is 0 Å². The zero-order valence-electron chi connectivity index (χ0n) is 20.1. The van der Waals surface area contributed by atoms with Gasteiger partial charge in [0, 0.05) is 5.02 Å². The van der Waals surface area contributed by atoms with E-state index in [1.54, 1.807) is 75.6 Å². The fourth-order valence-corrected chi connectivity index (χ4v) is 5.04. The fourth-order valence-electron chi connectivity index (χ4n) is 3.39. The minimum Gasteiger partial charge on any atom is -0.497 e. The van der Waals surface area contributed by atoms with Gasteiger partial charge in [0.05, 0.1) is 23.7 Å². The standard InChI is InChI=1S/C26H29ClN2O5S/c1-18-8-14-23(15-9-18)35(31,32)29(25-7-5-6-24(27)20(25)3)16-26(30)28-19(2)17-34-22-12-10-21(33-4)11-13-22/h5-15,19H,16-17H2,1-4H3,(H,28,30). The predicted octanol–water partition coefficient (Wildman–Crippen LogP) is 4.74. The Morgan fingerprint density at radius 2 is 1.63 bits per heavy atom. The van der Waals surface area contributed by atoms with E-state index in [4.69, 9.17) is 21.1 Å². The lowest BCUT2D eigenvalue weighted by molar-refractivity contribution is -0.120. The van der Waals surface area contributed by atoms with Gasteiger partial charge in [0.1, 0.15) is 24.7 Å². The molecule has 186 valence electrons. The van der Waals surface area contributed by atoms with Crippen LogP contribution in [0.15, 0.2) is 71.6 Å². The molecule has 3 aromatic rings. The molecule has 35 heavy (non-hydrogen) atoms. The van der Waals surface area contributed by atoms with E-state index in [2.05, 4.69) is 5.32 Å². The van der Waals surface area contributed by atoms with Gasteiger partial charge in [0.2, 0.25) is 5.91 Å². The highest BCUT2D eigenvalue weighted by Gasteiger charge is 2.29. The summed E-state index contributed by atoms with van der Waals surface area (Å²) in [5.41, 5.74) is 1.83. The molecular weight excluding hydrogens is 488 g/mol. The third-order valence-electron chi connectivity index (χ3n) is 5.37. The maximum Gasteiger partial charge on any atom is 0.264 e. The van der Waals surface area contributed by atoms with Crippen LogP contribution < -0.4 is 19.1 Å². The summed E-state index contributed by atoms with van der Waals surface area (Å²) in [7, 11) is -2.45. The van der Waals surface area contributed by atoms with E-state index >= 15 is 0 Å². The Labute approximate surface area is 211 Å². The van der Waals surface area contributed by atoms with Crippen molar-refractivity contribution in [2.24, 2.45) is 0 Å². The highest BCUT2D eigenvalue weighted by Crippen LogP contribution is 2.31. The van der Waals surface area contributed by atoms with Crippen molar-refractivity contribution in [2.45, 2.75) is 31.7 Å². The first-order valence-corrected chi connectivity index (χ1v) is 12.8. The summed E-state index contributed by atoms with van der Waals surface area (Å²) in [6, 6.07) is 18.2. The van der Waals surface area contributed by atoms with E-state index in [1.807, 2.05) is 6.92 Å². The average Bonchev–Trinajstić information content (AvgIpc) is 2.83. The van der Waals surface area contributed by atoms with E-state index in [1.165, 1.54) is 12.1 Å². The lowest BCUT2D eigenvalue weighted by Crippen LogP contribution is -2.45. The molecule has 0 saturated carbocycles. The number of hydrogen-bond donors (Lipinski definition) is 1. The van der Waals surface area contributed by atoms with Crippen molar-refractivity contribution in [1.29, 1.82) is 0 Å². The lowest BCUT2D eigenvalue weighted by atomic mass is 10.2. The molecule has 0 aliphatic heterocycles. The summed E-state index contributed by atoms with van der Waals surface area (Å²) in [6.45, 7) is 5.17. The Balaban J connectivity index is 1.77. The van der Waals surface area contributed by atoms with Crippen molar-refractivity contribution in [3.8, 4) is 11.5 Å². The topological polar surface area (TPSA) is 84.9 Å². The third kappa shape index (κ3) is 6.68. The summed E-state index contributed by atoms with van der Waals surface area (Å²) in [6.07, 6.45) is 0. The largest absolute Gasteiger partial charge is 0.497 e. The highest BCUT2D eigenvalue weighted by atomic mass is 35.5. The van der Waals surface area contributed by atoms with Gasteiger partial charge in [-0.1, -0.05) is 35.4 Å². The molecule has 1 amide bonds. The number of halogens is 1. The SMILES string of the molecule is COc1ccc(OCC(C)NC(=O)CN(c2cccc(Cl)c2C)S(=O)(=O)c2ccc(C)cc2)cc1. The number of nitrogens with one attached hydrogen (secondary N) is 1. The number of ether oxygens (including phenoxy) is 2. The van der Waals surface area contributed by atoms with E-state index < -0.39 is 22.5 Å². The number of anilines is 1. The molecule has 0 radical (unpaired) electrons. The van der Waals surface area contributed by atoms with E-state index in [-0.39, 0.29) is 17.5 Å². The molecular formula is C26H29ClN2O5S. The summed E-state index contributed by atoms with van der Waals surface area (Å²) in [5, 5.41) is 3.22. The maximum atomic E-state index is 13.6. The Hall–Kier alpha value is -3.23. The van der Waals surface area contributed by atoms with Gasteiger partial charge >= 0.3 is 0 Å². The first kappa shape index (κ1) is 26.4. The van der Waals surface area contributed by atoms with Gasteiger partial charge in [-0.3, -0.25) is 9.10 Å². The van der Waals surface area contributed by atoms with Gasteiger partial charge in [-0.2, -0.15) is 0 Å². The van der Waals surface area contributed by atoms with Crippen molar-refractivity contribution < 1.29 is 22.7 Å². The fraction of sp³-hybridized carbons (Fsp3) is 0.269. The minimum atomic E-state index is -4.03. The smallest absolute Gasteiger partial charge is 0.264 e. The zero-order valence-corrected chi connectivity index (χ0v) is 21.7. The summed E-state index contributed by atoms with van der Waals surface area (Å²) >= 11 is 6.27. The minimum absolute atomic E-state index is 0.0890. The molecule has 1 N–H and O–H groups in total. The third-order valence-corrected chi connectivity index (χ3v) is 7.55. The van der Waals surface area contributed by atoms with Crippen LogP contribution in [0.25, 0.3) is 0 Å². The first-order valence-electron chi connectivity index (χ1n) is 11.0. The van der Waals surface area contributed by atoms with Gasteiger partial charge in [-0.05, 0) is 74.9 Å². The molecule has 0 heterocycles. The number of methoxy groups -OCH3 is 1. The second kappa shape index (κ2) is 11.5. The van der Waals surface area contributed by atoms with Crippen LogP contribution in [0.4, 0.5) is 5.69 Å². The molecule has 0 aliphatic carbocycles. The van der Waals surface area contributed by atoms with Crippen molar-refractivity contribution in [1.82, 2.24) is 5.32 Å². The Morgan fingerprint density at radius 1 is 1.00 bits per heavy atom. The molecule has 0 spiro atoms. The van der Waals surface area contributed by atoms with Crippen LogP contribution >= 0.6 is 11.6 Å². The van der Waals surface area contributed by atoms with E-state index in [9.17, 15) is 13.2 Å². The molecule has 1 unspecified atom stereocenters. The second-order valence-electron chi connectivity index (χ2n) is 8.16. The average molecular weight is 517 g/mol. The summed E-state index contributed by atoms with van der Waals surface area (Å²) in [5.74, 6) is 0.876. The molecule has 7 nitrogen and oxygen atoms in total. The van der Waals surface area contributed by atoms with Crippen molar-refractivity contribution in [3.05, 3.63) is 82.9 Å². The molecule has 0 aliphatic rings. The Kier molecular flexibility index (Phi) is 8.64. The van der Waals surface area contributed by atoms with Crippen LogP contribution in [0.3, 0.4) is 0 Å². The summed E-state index contributed by atoms with van der Waals surface area (Å²) in [4.78, 5) is 13.0. The second-order valence-corrected chi connectivity index (χ2v) is 10.4. The number of aryl methyl sites for hydroxylation is 1. The van der Waals surface area contributed by atoms with Crippen LogP contribution in [0, 0.1) is 13.8 Å². The molecule has 3 rings (SSSR count). The van der Waals surface area contributed by atoms with Crippen LogP contribution in [0.1, 0.15) is 18.1 Å². The molecule has 0 saturated heterocycles. The maximum absolute atomic E-state index is 13.6. The number of sulfonamides is 1. The number of benzene rings is 3. The van der Waals surface area contributed by atoms with Crippen LogP contribution in [-0.2, 0) is 14.8 Å². The molecule has 0 bridgehead atoms. The molecule has 0 fully saturated rings. The number of amides is 1. The molecule has 1 atom stereocenters. The monoisotopic (exact) mass is 516 g/mol. The Morgan fingerprint density at radius 3 is 2.26 bits per heavy atom. The number of hydrogen-bond acceptors (Lipinski definition) is 5. The number of nitrogens with zero attached hydrogens (tertiary/aromatic N) is 1. The lowest BCUT2D eigenvalue weighted by Gasteiger charge is -2.26. The van der Waals surface area contributed by atoms with E-state index in [0.29, 0.717) is 27.8 Å². The highest BCUT2D eigenvalue weighted by molar-refractivity contribution is 7.92. The zero-order chi connectivity index (χ0) is 25.6. The van der Waals surface area contributed by atoms with Crippen molar-refractivity contribution >= 4 is 33.2 Å². The number of carbonyl (C=O) groups excluding carboxylic acids is 1. The summed E-state index contributed by atoms with van der Waals surface area (Å²) < 4.78 is 39.1. The van der Waals surface area contributed by atoms with Crippen LogP contribution in [0.5, 0.6) is 11.5 Å². The van der Waals surface area contributed by atoms with Gasteiger partial charge < -0.3 is 14.8 Å². The number of rotatable bonds is 10. The molecule has 9 heteroatoms. The van der Waals surface area contributed by atoms with Gasteiger partial charge in [0.25, 0.3) is 10.0 Å². The van der Waals surface area contributed by atoms with Gasteiger partial charge in [0.15, 0.2) is 0 Å². The van der Waals surface area contributed by atoms with Gasteiger partial charge in [-0.15, -0.1) is 0 Å².